The molecule has 1 aromatic heterocycles. The Balaban J connectivity index is 2.14. The van der Waals surface area contributed by atoms with Gasteiger partial charge in [-0.3, -0.25) is 4.68 Å². The minimum absolute atomic E-state index is 0.377. The highest BCUT2D eigenvalue weighted by Gasteiger charge is 2.17. The van der Waals surface area contributed by atoms with Crippen molar-refractivity contribution in [2.45, 2.75) is 13.0 Å². The molecule has 1 aliphatic rings. The third kappa shape index (κ3) is 2.02. The number of rotatable bonds is 1. The van der Waals surface area contributed by atoms with Gasteiger partial charge in [0.15, 0.2) is 0 Å². The second-order valence-corrected chi connectivity index (χ2v) is 4.88. The lowest BCUT2D eigenvalue weighted by atomic mass is 9.99. The van der Waals surface area contributed by atoms with E-state index in [4.69, 9.17) is 0 Å². The van der Waals surface area contributed by atoms with Crippen molar-refractivity contribution in [3.63, 3.8) is 0 Å². The molecule has 0 spiro atoms. The van der Waals surface area contributed by atoms with Gasteiger partial charge in [-0.05, 0) is 19.1 Å². The summed E-state index contributed by atoms with van der Waals surface area (Å²) in [5, 5.41) is 20.2. The van der Waals surface area contributed by atoms with Crippen molar-refractivity contribution < 1.29 is 0 Å². The first-order valence-corrected chi connectivity index (χ1v) is 6.25. The molecule has 5 heteroatoms. The lowest BCUT2D eigenvalue weighted by Gasteiger charge is -2.26. The van der Waals surface area contributed by atoms with Gasteiger partial charge in [0.05, 0.1) is 29.2 Å². The zero-order valence-electron chi connectivity index (χ0n) is 10.9. The molecule has 0 aliphatic carbocycles. The molecule has 2 aromatic rings. The smallest absolute Gasteiger partial charge is 0.0999 e. The van der Waals surface area contributed by atoms with Crippen LogP contribution in [0.2, 0.25) is 0 Å². The van der Waals surface area contributed by atoms with Crippen LogP contribution in [-0.2, 0) is 7.05 Å². The fourth-order valence-corrected chi connectivity index (χ4v) is 2.34. The molecule has 3 rings (SSSR count). The topological polar surface area (TPSA) is 65.7 Å². The van der Waals surface area contributed by atoms with Gasteiger partial charge in [-0.25, -0.2) is 0 Å². The Morgan fingerprint density at radius 3 is 2.95 bits per heavy atom. The van der Waals surface area contributed by atoms with Crippen LogP contribution in [-0.4, -0.2) is 22.4 Å². The van der Waals surface area contributed by atoms with Crippen LogP contribution in [0.4, 0.5) is 11.4 Å². The van der Waals surface area contributed by atoms with Gasteiger partial charge in [0.25, 0.3) is 0 Å². The summed E-state index contributed by atoms with van der Waals surface area (Å²) in [7, 11) is 1.87. The first kappa shape index (κ1) is 11.6. The van der Waals surface area contributed by atoms with Crippen LogP contribution in [0.1, 0.15) is 12.5 Å². The van der Waals surface area contributed by atoms with Crippen molar-refractivity contribution in [2.24, 2.45) is 7.05 Å². The first-order chi connectivity index (χ1) is 9.17. The van der Waals surface area contributed by atoms with E-state index < -0.39 is 0 Å². The quantitative estimate of drug-likeness (QED) is 0.817. The standard InChI is InChI=1S/C14H15N5/c1-9-6-16-13-3-10(5-15)12(4-14(13)18-9)11-7-17-19(2)8-11/h3-4,7-9,16,18H,6H2,1-2H3. The van der Waals surface area contributed by atoms with E-state index in [0.717, 1.165) is 29.0 Å². The highest BCUT2D eigenvalue weighted by Crippen LogP contribution is 2.34. The van der Waals surface area contributed by atoms with Crippen LogP contribution in [0, 0.1) is 11.3 Å². The second-order valence-electron chi connectivity index (χ2n) is 4.88. The fraction of sp³-hybridized carbons (Fsp3) is 0.286. The molecule has 1 aromatic carbocycles. The molecule has 19 heavy (non-hydrogen) atoms. The Kier molecular flexibility index (Phi) is 2.64. The van der Waals surface area contributed by atoms with Gasteiger partial charge >= 0.3 is 0 Å². The molecule has 5 nitrogen and oxygen atoms in total. The summed E-state index contributed by atoms with van der Waals surface area (Å²) >= 11 is 0. The second kappa shape index (κ2) is 4.32. The lowest BCUT2D eigenvalue weighted by molar-refractivity contribution is 0.768. The molecule has 1 aliphatic heterocycles. The number of hydrogen-bond donors (Lipinski definition) is 2. The average molecular weight is 253 g/mol. The van der Waals surface area contributed by atoms with Crippen molar-refractivity contribution in [3.8, 4) is 17.2 Å². The summed E-state index contributed by atoms with van der Waals surface area (Å²) in [6.45, 7) is 2.99. The van der Waals surface area contributed by atoms with Gasteiger partial charge in [0, 0.05) is 37.0 Å². The number of anilines is 2. The van der Waals surface area contributed by atoms with Gasteiger partial charge < -0.3 is 10.6 Å². The number of nitrogens with zero attached hydrogens (tertiary/aromatic N) is 3. The van der Waals surface area contributed by atoms with E-state index >= 15 is 0 Å². The highest BCUT2D eigenvalue weighted by atomic mass is 15.2. The predicted molar refractivity (Wildman–Crippen MR) is 74.9 cm³/mol. The molecule has 96 valence electrons. The molecule has 0 saturated heterocycles. The van der Waals surface area contributed by atoms with Crippen LogP contribution in [0.5, 0.6) is 0 Å². The fourth-order valence-electron chi connectivity index (χ4n) is 2.34. The molecule has 0 amide bonds. The maximum atomic E-state index is 9.31. The van der Waals surface area contributed by atoms with E-state index in [0.29, 0.717) is 11.6 Å². The molecule has 0 radical (unpaired) electrons. The first-order valence-electron chi connectivity index (χ1n) is 6.25. The number of aryl methyl sites for hydroxylation is 1. The number of nitriles is 1. The van der Waals surface area contributed by atoms with E-state index in [9.17, 15) is 5.26 Å². The highest BCUT2D eigenvalue weighted by molar-refractivity contribution is 5.83. The van der Waals surface area contributed by atoms with Crippen LogP contribution in [0.15, 0.2) is 24.5 Å². The summed E-state index contributed by atoms with van der Waals surface area (Å²) in [4.78, 5) is 0. The predicted octanol–water partition coefficient (Wildman–Crippen LogP) is 2.18. The number of benzene rings is 1. The van der Waals surface area contributed by atoms with Gasteiger partial charge in [0.1, 0.15) is 0 Å². The number of hydrogen-bond acceptors (Lipinski definition) is 4. The maximum absolute atomic E-state index is 9.31. The lowest BCUT2D eigenvalue weighted by Crippen LogP contribution is -2.30. The minimum Gasteiger partial charge on any atom is -0.381 e. The molecule has 1 unspecified atom stereocenters. The third-order valence-corrected chi connectivity index (χ3v) is 3.29. The van der Waals surface area contributed by atoms with Gasteiger partial charge in [-0.1, -0.05) is 0 Å². The summed E-state index contributed by atoms with van der Waals surface area (Å²) in [5.41, 5.74) is 4.56. The Morgan fingerprint density at radius 2 is 2.26 bits per heavy atom. The van der Waals surface area contributed by atoms with Crippen LogP contribution in [0.25, 0.3) is 11.1 Å². The molecular formula is C14H15N5. The molecular weight excluding hydrogens is 238 g/mol. The van der Waals surface area contributed by atoms with Crippen molar-refractivity contribution in [1.29, 1.82) is 5.26 Å². The monoisotopic (exact) mass is 253 g/mol. The van der Waals surface area contributed by atoms with Gasteiger partial charge in [-0.15, -0.1) is 0 Å². The molecule has 0 saturated carbocycles. The van der Waals surface area contributed by atoms with Crippen molar-refractivity contribution in [3.05, 3.63) is 30.1 Å². The van der Waals surface area contributed by atoms with E-state index in [1.165, 1.54) is 0 Å². The van der Waals surface area contributed by atoms with Crippen molar-refractivity contribution in [1.82, 2.24) is 9.78 Å². The molecule has 0 fully saturated rings. The number of nitrogens with one attached hydrogen (secondary N) is 2. The number of aromatic nitrogens is 2. The van der Waals surface area contributed by atoms with Crippen molar-refractivity contribution >= 4 is 11.4 Å². The normalized spacial score (nSPS) is 17.0. The molecule has 0 bridgehead atoms. The van der Waals surface area contributed by atoms with E-state index in [1.54, 1.807) is 10.9 Å². The molecule has 2 N–H and O–H groups in total. The summed E-state index contributed by atoms with van der Waals surface area (Å²) in [5.74, 6) is 0. The van der Waals surface area contributed by atoms with Gasteiger partial charge in [0.2, 0.25) is 0 Å². The maximum Gasteiger partial charge on any atom is 0.0999 e. The molecule has 2 heterocycles. The Hall–Kier alpha value is -2.48. The van der Waals surface area contributed by atoms with Crippen LogP contribution in [0.3, 0.4) is 0 Å². The molecule has 1 atom stereocenters. The zero-order chi connectivity index (χ0) is 13.4. The largest absolute Gasteiger partial charge is 0.381 e. The number of fused-ring (bicyclic) bond motifs is 1. The Bertz CT molecular complexity index is 665. The zero-order valence-corrected chi connectivity index (χ0v) is 10.9. The SMILES string of the molecule is CC1CNc2cc(C#N)c(-c3cnn(C)c3)cc2N1. The van der Waals surface area contributed by atoms with Crippen LogP contribution < -0.4 is 10.6 Å². The van der Waals surface area contributed by atoms with Crippen LogP contribution >= 0.6 is 0 Å². The summed E-state index contributed by atoms with van der Waals surface area (Å²) in [6, 6.07) is 6.56. The van der Waals surface area contributed by atoms with E-state index in [2.05, 4.69) is 28.7 Å². The van der Waals surface area contributed by atoms with Gasteiger partial charge in [-0.2, -0.15) is 10.4 Å². The average Bonchev–Trinajstić information content (AvgIpc) is 2.83. The van der Waals surface area contributed by atoms with E-state index in [-0.39, 0.29) is 0 Å². The Morgan fingerprint density at radius 1 is 1.42 bits per heavy atom. The summed E-state index contributed by atoms with van der Waals surface area (Å²) in [6.07, 6.45) is 3.70. The minimum atomic E-state index is 0.377. The van der Waals surface area contributed by atoms with Crippen molar-refractivity contribution in [2.75, 3.05) is 17.2 Å². The summed E-state index contributed by atoms with van der Waals surface area (Å²) < 4.78 is 1.74. The Labute approximate surface area is 111 Å². The van der Waals surface area contributed by atoms with E-state index in [1.807, 2.05) is 25.4 Å². The third-order valence-electron chi connectivity index (χ3n) is 3.29.